The summed E-state index contributed by atoms with van der Waals surface area (Å²) in [6.45, 7) is 7.49. The van der Waals surface area contributed by atoms with Crippen LogP contribution in [0.5, 0.6) is 0 Å². The Labute approximate surface area is 144 Å². The van der Waals surface area contributed by atoms with Crippen molar-refractivity contribution in [3.05, 3.63) is 68.1 Å². The third-order valence-electron chi connectivity index (χ3n) is 3.86. The molecule has 0 fully saturated rings. The number of hydrogen-bond acceptors (Lipinski definition) is 1. The van der Waals surface area contributed by atoms with Gasteiger partial charge in [0.25, 0.3) is 0 Å². The molecule has 2 aromatic carbocycles. The fourth-order valence-corrected chi connectivity index (χ4v) is 3.69. The standard InChI is InChI=1S/C18H21Br2N/c1-4-21-18(13(3)14-8-6-5-7-9-14)15-11-16(19)12(2)10-17(15)20/h5-11,13,18,21H,4H2,1-3H3. The van der Waals surface area contributed by atoms with Crippen molar-refractivity contribution in [2.24, 2.45) is 0 Å². The average molecular weight is 411 g/mol. The van der Waals surface area contributed by atoms with Crippen LogP contribution in [0.15, 0.2) is 51.4 Å². The van der Waals surface area contributed by atoms with Gasteiger partial charge in [0.15, 0.2) is 0 Å². The molecule has 2 atom stereocenters. The van der Waals surface area contributed by atoms with Crippen LogP contribution in [0, 0.1) is 6.92 Å². The molecule has 0 amide bonds. The molecule has 0 saturated carbocycles. The summed E-state index contributed by atoms with van der Waals surface area (Å²) in [6.07, 6.45) is 0. The lowest BCUT2D eigenvalue weighted by Gasteiger charge is -2.27. The summed E-state index contributed by atoms with van der Waals surface area (Å²) in [5.41, 5.74) is 3.89. The maximum Gasteiger partial charge on any atom is 0.0398 e. The topological polar surface area (TPSA) is 12.0 Å². The zero-order valence-electron chi connectivity index (χ0n) is 12.7. The summed E-state index contributed by atoms with van der Waals surface area (Å²) in [4.78, 5) is 0. The van der Waals surface area contributed by atoms with E-state index in [1.54, 1.807) is 0 Å². The normalized spacial score (nSPS) is 14.0. The Morgan fingerprint density at radius 1 is 1.05 bits per heavy atom. The minimum absolute atomic E-state index is 0.281. The molecule has 1 nitrogen and oxygen atoms in total. The smallest absolute Gasteiger partial charge is 0.0398 e. The van der Waals surface area contributed by atoms with Crippen LogP contribution in [0.25, 0.3) is 0 Å². The van der Waals surface area contributed by atoms with Crippen molar-refractivity contribution >= 4 is 31.9 Å². The maximum absolute atomic E-state index is 3.73. The molecular formula is C18H21Br2N. The van der Waals surface area contributed by atoms with Crippen LogP contribution in [-0.2, 0) is 0 Å². The van der Waals surface area contributed by atoms with Gasteiger partial charge < -0.3 is 5.32 Å². The van der Waals surface area contributed by atoms with Crippen molar-refractivity contribution in [3.8, 4) is 0 Å². The highest BCUT2D eigenvalue weighted by Gasteiger charge is 2.22. The van der Waals surface area contributed by atoms with Gasteiger partial charge in [-0.05, 0) is 42.3 Å². The van der Waals surface area contributed by atoms with E-state index in [4.69, 9.17) is 0 Å². The third kappa shape index (κ3) is 3.97. The molecule has 0 aliphatic heterocycles. The molecule has 2 rings (SSSR count). The molecular weight excluding hydrogens is 390 g/mol. The molecule has 0 spiro atoms. The molecule has 2 aromatic rings. The average Bonchev–Trinajstić information content (AvgIpc) is 2.49. The second kappa shape index (κ2) is 7.57. The molecule has 2 unspecified atom stereocenters. The number of halogens is 2. The first kappa shape index (κ1) is 16.7. The SMILES string of the molecule is CCNC(c1cc(Br)c(C)cc1Br)C(C)c1ccccc1. The maximum atomic E-state index is 3.73. The van der Waals surface area contributed by atoms with Crippen LogP contribution < -0.4 is 5.32 Å². The van der Waals surface area contributed by atoms with Gasteiger partial charge in [0.1, 0.15) is 0 Å². The molecule has 21 heavy (non-hydrogen) atoms. The predicted octanol–water partition coefficient (Wildman–Crippen LogP) is 5.97. The minimum Gasteiger partial charge on any atom is -0.310 e. The number of rotatable bonds is 5. The molecule has 0 radical (unpaired) electrons. The van der Waals surface area contributed by atoms with E-state index in [1.807, 2.05) is 0 Å². The van der Waals surface area contributed by atoms with Crippen LogP contribution in [0.2, 0.25) is 0 Å². The van der Waals surface area contributed by atoms with Crippen LogP contribution in [0.4, 0.5) is 0 Å². The number of aryl methyl sites for hydroxylation is 1. The van der Waals surface area contributed by atoms with Crippen molar-refractivity contribution in [2.75, 3.05) is 6.54 Å². The van der Waals surface area contributed by atoms with E-state index in [1.165, 1.54) is 16.7 Å². The summed E-state index contributed by atoms with van der Waals surface area (Å²) in [5, 5.41) is 3.63. The Balaban J connectivity index is 2.42. The van der Waals surface area contributed by atoms with Gasteiger partial charge >= 0.3 is 0 Å². The van der Waals surface area contributed by atoms with Gasteiger partial charge in [0, 0.05) is 20.9 Å². The molecule has 0 aliphatic carbocycles. The van der Waals surface area contributed by atoms with Gasteiger partial charge in [0.05, 0.1) is 0 Å². The lowest BCUT2D eigenvalue weighted by atomic mass is 9.88. The first-order valence-electron chi connectivity index (χ1n) is 7.28. The van der Waals surface area contributed by atoms with Crippen molar-refractivity contribution in [2.45, 2.75) is 32.7 Å². The number of likely N-dealkylation sites (N-methyl/N-ethyl adjacent to an activating group) is 1. The van der Waals surface area contributed by atoms with Gasteiger partial charge in [-0.15, -0.1) is 0 Å². The van der Waals surface area contributed by atoms with Gasteiger partial charge in [0.2, 0.25) is 0 Å². The lowest BCUT2D eigenvalue weighted by molar-refractivity contribution is 0.477. The van der Waals surface area contributed by atoms with Gasteiger partial charge in [-0.2, -0.15) is 0 Å². The quantitative estimate of drug-likeness (QED) is 0.639. The molecule has 0 aromatic heterocycles. The molecule has 112 valence electrons. The second-order valence-electron chi connectivity index (χ2n) is 5.36. The van der Waals surface area contributed by atoms with Gasteiger partial charge in [-0.25, -0.2) is 0 Å². The number of nitrogens with one attached hydrogen (secondary N) is 1. The third-order valence-corrected chi connectivity index (χ3v) is 5.40. The van der Waals surface area contributed by atoms with Gasteiger partial charge in [-0.3, -0.25) is 0 Å². The van der Waals surface area contributed by atoms with Crippen LogP contribution >= 0.6 is 31.9 Å². The Bertz CT molecular complexity index is 596. The first-order chi connectivity index (χ1) is 10.0. The Morgan fingerprint density at radius 2 is 1.71 bits per heavy atom. The highest BCUT2D eigenvalue weighted by Crippen LogP contribution is 2.37. The van der Waals surface area contributed by atoms with Crippen LogP contribution in [-0.4, -0.2) is 6.54 Å². The zero-order chi connectivity index (χ0) is 15.4. The fourth-order valence-electron chi connectivity index (χ4n) is 2.63. The van der Waals surface area contributed by atoms with E-state index < -0.39 is 0 Å². The molecule has 3 heteroatoms. The summed E-state index contributed by atoms with van der Waals surface area (Å²) >= 11 is 7.39. The van der Waals surface area contributed by atoms with Crippen molar-refractivity contribution in [3.63, 3.8) is 0 Å². The van der Waals surface area contributed by atoms with Crippen LogP contribution in [0.3, 0.4) is 0 Å². The summed E-state index contributed by atoms with van der Waals surface area (Å²) in [5.74, 6) is 0.400. The fraction of sp³-hybridized carbons (Fsp3) is 0.333. The Kier molecular flexibility index (Phi) is 6.03. The van der Waals surface area contributed by atoms with Crippen LogP contribution in [0.1, 0.15) is 42.5 Å². The van der Waals surface area contributed by atoms with E-state index in [2.05, 4.69) is 100 Å². The van der Waals surface area contributed by atoms with E-state index in [0.717, 1.165) is 15.5 Å². The molecule has 0 saturated heterocycles. The second-order valence-corrected chi connectivity index (χ2v) is 7.07. The lowest BCUT2D eigenvalue weighted by Crippen LogP contribution is -2.26. The monoisotopic (exact) mass is 409 g/mol. The molecule has 0 aliphatic rings. The summed E-state index contributed by atoms with van der Waals surface area (Å²) in [6, 6.07) is 15.4. The number of hydrogen-bond donors (Lipinski definition) is 1. The molecule has 1 N–H and O–H groups in total. The largest absolute Gasteiger partial charge is 0.310 e. The summed E-state index contributed by atoms with van der Waals surface area (Å²) < 4.78 is 2.32. The molecule has 0 heterocycles. The van der Waals surface area contributed by atoms with Crippen molar-refractivity contribution in [1.29, 1.82) is 0 Å². The van der Waals surface area contributed by atoms with E-state index >= 15 is 0 Å². The van der Waals surface area contributed by atoms with E-state index in [-0.39, 0.29) is 6.04 Å². The van der Waals surface area contributed by atoms with Gasteiger partial charge in [-0.1, -0.05) is 76.0 Å². The minimum atomic E-state index is 0.281. The highest BCUT2D eigenvalue weighted by molar-refractivity contribution is 9.11. The van der Waals surface area contributed by atoms with Crippen molar-refractivity contribution in [1.82, 2.24) is 5.32 Å². The highest BCUT2D eigenvalue weighted by atomic mass is 79.9. The Hall–Kier alpha value is -0.640. The summed E-state index contributed by atoms with van der Waals surface area (Å²) in [7, 11) is 0. The van der Waals surface area contributed by atoms with E-state index in [0.29, 0.717) is 5.92 Å². The van der Waals surface area contributed by atoms with E-state index in [9.17, 15) is 0 Å². The Morgan fingerprint density at radius 3 is 2.33 bits per heavy atom. The first-order valence-corrected chi connectivity index (χ1v) is 8.87. The molecule has 0 bridgehead atoms. The van der Waals surface area contributed by atoms with Crippen molar-refractivity contribution < 1.29 is 0 Å². The predicted molar refractivity (Wildman–Crippen MR) is 97.9 cm³/mol. The number of benzene rings is 2. The zero-order valence-corrected chi connectivity index (χ0v) is 15.8.